The highest BCUT2D eigenvalue weighted by Crippen LogP contribution is 2.15. The van der Waals surface area contributed by atoms with Crippen molar-refractivity contribution in [3.63, 3.8) is 0 Å². The maximum Gasteiger partial charge on any atom is 0.407 e. The number of hydrogen-bond donors (Lipinski definition) is 3. The molecule has 0 aromatic heterocycles. The molecule has 0 aliphatic carbocycles. The van der Waals surface area contributed by atoms with E-state index in [1.807, 2.05) is 48.5 Å². The number of esters is 1. The zero-order chi connectivity index (χ0) is 22.2. The van der Waals surface area contributed by atoms with Crippen LogP contribution in [0, 0.1) is 11.8 Å². The number of aliphatic hydroxyl groups excluding tert-OH is 1. The number of alkyl carbamates (subject to hydrolysis) is 1. The van der Waals surface area contributed by atoms with Crippen LogP contribution in [0.2, 0.25) is 0 Å². The van der Waals surface area contributed by atoms with Crippen molar-refractivity contribution in [1.82, 2.24) is 10.6 Å². The molecule has 0 fully saturated rings. The number of carbonyl (C=O) groups is 2. The molecule has 0 aliphatic rings. The number of aliphatic hydroxyl groups is 1. The first-order valence-corrected chi connectivity index (χ1v) is 10.1. The molecule has 0 saturated heterocycles. The molecule has 1 aromatic rings. The molecule has 0 radical (unpaired) electrons. The third-order valence-electron chi connectivity index (χ3n) is 4.31. The molecular formula is C22H36N2O5. The maximum absolute atomic E-state index is 12.7. The SMILES string of the molecule is CC(C)[C@H](NC[C@@H](NC(=O)OC(C)(C)C)C(C)C)C(=O)Oc1ccc(CO)cc1. The summed E-state index contributed by atoms with van der Waals surface area (Å²) in [6, 6.07) is 5.99. The molecule has 3 N–H and O–H groups in total. The number of carbonyl (C=O) groups excluding carboxylic acids is 2. The molecule has 0 aliphatic heterocycles. The minimum Gasteiger partial charge on any atom is -0.444 e. The predicted octanol–water partition coefficient (Wildman–Crippen LogP) is 3.25. The van der Waals surface area contributed by atoms with Crippen molar-refractivity contribution in [1.29, 1.82) is 0 Å². The monoisotopic (exact) mass is 408 g/mol. The van der Waals surface area contributed by atoms with E-state index in [0.717, 1.165) is 5.56 Å². The Morgan fingerprint density at radius 2 is 1.62 bits per heavy atom. The molecule has 0 unspecified atom stereocenters. The van der Waals surface area contributed by atoms with E-state index in [4.69, 9.17) is 14.6 Å². The van der Waals surface area contributed by atoms with E-state index in [1.165, 1.54) is 0 Å². The smallest absolute Gasteiger partial charge is 0.407 e. The van der Waals surface area contributed by atoms with Gasteiger partial charge in [0.1, 0.15) is 17.4 Å². The standard InChI is InChI=1S/C22H36N2O5/c1-14(2)18(24-21(27)29-22(5,6)7)12-23-19(15(3)4)20(26)28-17-10-8-16(13-25)9-11-17/h8-11,14-15,18-19,23,25H,12-13H2,1-7H3,(H,24,27)/t18-,19+/m1/s1. The molecule has 7 nitrogen and oxygen atoms in total. The highest BCUT2D eigenvalue weighted by Gasteiger charge is 2.27. The fourth-order valence-corrected chi connectivity index (χ4v) is 2.60. The maximum atomic E-state index is 12.7. The lowest BCUT2D eigenvalue weighted by Gasteiger charge is -2.28. The van der Waals surface area contributed by atoms with E-state index >= 15 is 0 Å². The van der Waals surface area contributed by atoms with Crippen LogP contribution >= 0.6 is 0 Å². The van der Waals surface area contributed by atoms with Gasteiger partial charge in [0.15, 0.2) is 0 Å². The van der Waals surface area contributed by atoms with Crippen molar-refractivity contribution in [3.05, 3.63) is 29.8 Å². The van der Waals surface area contributed by atoms with Gasteiger partial charge < -0.3 is 25.2 Å². The number of hydrogen-bond acceptors (Lipinski definition) is 6. The van der Waals surface area contributed by atoms with Crippen LogP contribution in [-0.2, 0) is 16.1 Å². The van der Waals surface area contributed by atoms with Gasteiger partial charge in [0.2, 0.25) is 0 Å². The first-order chi connectivity index (χ1) is 13.4. The first-order valence-electron chi connectivity index (χ1n) is 10.1. The average Bonchev–Trinajstić information content (AvgIpc) is 2.59. The lowest BCUT2D eigenvalue weighted by atomic mass is 10.0. The molecule has 0 saturated carbocycles. The van der Waals surface area contributed by atoms with E-state index in [0.29, 0.717) is 12.3 Å². The molecular weight excluding hydrogens is 372 g/mol. The van der Waals surface area contributed by atoms with Crippen molar-refractivity contribution in [2.45, 2.75) is 72.8 Å². The topological polar surface area (TPSA) is 96.9 Å². The van der Waals surface area contributed by atoms with E-state index in [-0.39, 0.29) is 24.5 Å². The number of nitrogens with one attached hydrogen (secondary N) is 2. The van der Waals surface area contributed by atoms with Gasteiger partial charge in [-0.05, 0) is 50.3 Å². The summed E-state index contributed by atoms with van der Waals surface area (Å²) in [5, 5.41) is 15.2. The van der Waals surface area contributed by atoms with Gasteiger partial charge in [0, 0.05) is 12.6 Å². The first kappa shape index (κ1) is 24.9. The van der Waals surface area contributed by atoms with Crippen molar-refractivity contribution >= 4 is 12.1 Å². The summed E-state index contributed by atoms with van der Waals surface area (Å²) in [4.78, 5) is 24.8. The van der Waals surface area contributed by atoms with Crippen LogP contribution in [0.1, 0.15) is 54.0 Å². The van der Waals surface area contributed by atoms with Crippen LogP contribution in [0.4, 0.5) is 4.79 Å². The molecule has 7 heteroatoms. The molecule has 1 aromatic carbocycles. The molecule has 0 heterocycles. The van der Waals surface area contributed by atoms with Gasteiger partial charge in [-0.15, -0.1) is 0 Å². The summed E-state index contributed by atoms with van der Waals surface area (Å²) in [5.41, 5.74) is 0.172. The summed E-state index contributed by atoms with van der Waals surface area (Å²) >= 11 is 0. The van der Waals surface area contributed by atoms with E-state index in [1.54, 1.807) is 24.3 Å². The van der Waals surface area contributed by atoms with Crippen molar-refractivity contribution < 1.29 is 24.2 Å². The van der Waals surface area contributed by atoms with Gasteiger partial charge in [-0.2, -0.15) is 0 Å². The van der Waals surface area contributed by atoms with Crippen LogP contribution in [0.25, 0.3) is 0 Å². The van der Waals surface area contributed by atoms with Gasteiger partial charge in [-0.1, -0.05) is 39.8 Å². The molecule has 1 amide bonds. The summed E-state index contributed by atoms with van der Waals surface area (Å²) in [6.07, 6.45) is -0.481. The van der Waals surface area contributed by atoms with Crippen molar-refractivity contribution in [2.75, 3.05) is 6.54 Å². The summed E-state index contributed by atoms with van der Waals surface area (Å²) in [6.45, 7) is 13.6. The third kappa shape index (κ3) is 9.28. The fourth-order valence-electron chi connectivity index (χ4n) is 2.60. The Labute approximate surface area is 174 Å². The lowest BCUT2D eigenvalue weighted by Crippen LogP contribution is -2.52. The van der Waals surface area contributed by atoms with Gasteiger partial charge in [0.25, 0.3) is 0 Å². The normalized spacial score (nSPS) is 13.9. The molecule has 0 spiro atoms. The number of benzene rings is 1. The van der Waals surface area contributed by atoms with Crippen molar-refractivity contribution in [3.8, 4) is 5.75 Å². The molecule has 164 valence electrons. The second-order valence-corrected chi connectivity index (χ2v) is 8.85. The van der Waals surface area contributed by atoms with E-state index in [9.17, 15) is 9.59 Å². The van der Waals surface area contributed by atoms with E-state index < -0.39 is 23.7 Å². The third-order valence-corrected chi connectivity index (χ3v) is 4.31. The van der Waals surface area contributed by atoms with Crippen molar-refractivity contribution in [2.24, 2.45) is 11.8 Å². The summed E-state index contributed by atoms with van der Waals surface area (Å²) in [5.74, 6) is 0.168. The van der Waals surface area contributed by atoms with Gasteiger partial charge in [-0.25, -0.2) is 9.59 Å². The van der Waals surface area contributed by atoms with Crippen LogP contribution in [0.5, 0.6) is 5.75 Å². The molecule has 0 bridgehead atoms. The summed E-state index contributed by atoms with van der Waals surface area (Å²) in [7, 11) is 0. The Balaban J connectivity index is 2.72. The molecule has 1 rings (SSSR count). The molecule has 2 atom stereocenters. The number of rotatable bonds is 9. The van der Waals surface area contributed by atoms with Crippen LogP contribution in [-0.4, -0.2) is 41.4 Å². The van der Waals surface area contributed by atoms with Gasteiger partial charge in [0.05, 0.1) is 6.61 Å². The Morgan fingerprint density at radius 1 is 1.03 bits per heavy atom. The average molecular weight is 409 g/mol. The highest BCUT2D eigenvalue weighted by atomic mass is 16.6. The number of ether oxygens (including phenoxy) is 2. The predicted molar refractivity (Wildman–Crippen MR) is 113 cm³/mol. The Kier molecular flexibility index (Phi) is 9.59. The lowest BCUT2D eigenvalue weighted by molar-refractivity contribution is -0.137. The quantitative estimate of drug-likeness (QED) is 0.429. The largest absolute Gasteiger partial charge is 0.444 e. The minimum absolute atomic E-state index is 0.00597. The fraction of sp³-hybridized carbons (Fsp3) is 0.636. The zero-order valence-corrected chi connectivity index (χ0v) is 18.6. The van der Waals surface area contributed by atoms with Crippen LogP contribution < -0.4 is 15.4 Å². The number of amides is 1. The second kappa shape index (κ2) is 11.2. The summed E-state index contributed by atoms with van der Waals surface area (Å²) < 4.78 is 10.8. The highest BCUT2D eigenvalue weighted by molar-refractivity contribution is 5.78. The Hall–Kier alpha value is -2.12. The molecule has 29 heavy (non-hydrogen) atoms. The zero-order valence-electron chi connectivity index (χ0n) is 18.6. The van der Waals surface area contributed by atoms with Gasteiger partial charge in [-0.3, -0.25) is 0 Å². The minimum atomic E-state index is -0.575. The Morgan fingerprint density at radius 3 is 2.07 bits per heavy atom. The van der Waals surface area contributed by atoms with Gasteiger partial charge >= 0.3 is 12.1 Å². The van der Waals surface area contributed by atoms with Crippen LogP contribution in [0.15, 0.2) is 24.3 Å². The second-order valence-electron chi connectivity index (χ2n) is 8.85. The van der Waals surface area contributed by atoms with E-state index in [2.05, 4.69) is 10.6 Å². The Bertz CT molecular complexity index is 650. The van der Waals surface area contributed by atoms with Crippen LogP contribution in [0.3, 0.4) is 0 Å².